The monoisotopic (exact) mass is 272 g/mol. The number of methoxy groups -OCH3 is 1. The molecular formula is C17H24N2O. The van der Waals surface area contributed by atoms with Gasteiger partial charge in [0.1, 0.15) is 0 Å². The molecule has 0 fully saturated rings. The van der Waals surface area contributed by atoms with Crippen molar-refractivity contribution in [1.29, 1.82) is 0 Å². The molecule has 0 bridgehead atoms. The summed E-state index contributed by atoms with van der Waals surface area (Å²) in [7, 11) is 1.76. The molecule has 1 N–H and O–H groups in total. The van der Waals surface area contributed by atoms with Gasteiger partial charge in [-0.05, 0) is 36.8 Å². The molecule has 2 rings (SSSR count). The number of pyridine rings is 1. The van der Waals surface area contributed by atoms with Crippen LogP contribution in [0.5, 0.6) is 0 Å². The Kier molecular flexibility index (Phi) is 5.96. The standard InChI is InChI=1S/C17H24N2O/c1-3-10-19-17(9-6-11-20-2)16-13-18-12-14-7-4-5-8-15(14)16/h4-5,7-8,12-13,17,19H,3,6,9-11H2,1-2H3. The van der Waals surface area contributed by atoms with Crippen molar-refractivity contribution in [1.82, 2.24) is 10.3 Å². The first kappa shape index (κ1) is 14.9. The zero-order valence-electron chi connectivity index (χ0n) is 12.4. The zero-order chi connectivity index (χ0) is 14.2. The van der Waals surface area contributed by atoms with Crippen LogP contribution in [0.3, 0.4) is 0 Å². The van der Waals surface area contributed by atoms with Crippen LogP contribution < -0.4 is 5.32 Å². The topological polar surface area (TPSA) is 34.1 Å². The van der Waals surface area contributed by atoms with E-state index in [1.165, 1.54) is 16.3 Å². The predicted octanol–water partition coefficient (Wildman–Crippen LogP) is 3.70. The number of rotatable bonds is 8. The highest BCUT2D eigenvalue weighted by atomic mass is 16.5. The fraction of sp³-hybridized carbons (Fsp3) is 0.471. The van der Waals surface area contributed by atoms with E-state index in [-0.39, 0.29) is 0 Å². The van der Waals surface area contributed by atoms with Gasteiger partial charge in [-0.3, -0.25) is 4.98 Å². The molecule has 20 heavy (non-hydrogen) atoms. The van der Waals surface area contributed by atoms with Gasteiger partial charge in [-0.25, -0.2) is 0 Å². The quantitative estimate of drug-likeness (QED) is 0.744. The molecular weight excluding hydrogens is 248 g/mol. The fourth-order valence-electron chi connectivity index (χ4n) is 2.54. The lowest BCUT2D eigenvalue weighted by atomic mass is 9.98. The minimum absolute atomic E-state index is 0.351. The summed E-state index contributed by atoms with van der Waals surface area (Å²) in [5.74, 6) is 0. The Labute approximate surface area is 121 Å². The van der Waals surface area contributed by atoms with E-state index in [1.807, 2.05) is 12.4 Å². The molecule has 0 spiro atoms. The zero-order valence-corrected chi connectivity index (χ0v) is 12.4. The van der Waals surface area contributed by atoms with Crippen molar-refractivity contribution in [3.8, 4) is 0 Å². The summed E-state index contributed by atoms with van der Waals surface area (Å²) in [6.07, 6.45) is 7.21. The molecule has 1 heterocycles. The molecule has 2 aromatic rings. The van der Waals surface area contributed by atoms with Crippen molar-refractivity contribution in [3.05, 3.63) is 42.2 Å². The Hall–Kier alpha value is -1.45. The van der Waals surface area contributed by atoms with Crippen molar-refractivity contribution in [3.63, 3.8) is 0 Å². The SMILES string of the molecule is CCCNC(CCCOC)c1cncc2ccccc12. The smallest absolute Gasteiger partial charge is 0.0462 e. The summed E-state index contributed by atoms with van der Waals surface area (Å²) in [4.78, 5) is 4.40. The number of fused-ring (bicyclic) bond motifs is 1. The van der Waals surface area contributed by atoms with E-state index in [0.717, 1.165) is 32.4 Å². The van der Waals surface area contributed by atoms with Gasteiger partial charge < -0.3 is 10.1 Å². The third-order valence-electron chi connectivity index (χ3n) is 3.56. The molecule has 0 aliphatic carbocycles. The van der Waals surface area contributed by atoms with Crippen LogP contribution in [0.2, 0.25) is 0 Å². The van der Waals surface area contributed by atoms with Gasteiger partial charge in [-0.15, -0.1) is 0 Å². The van der Waals surface area contributed by atoms with Gasteiger partial charge in [0.15, 0.2) is 0 Å². The average molecular weight is 272 g/mol. The first-order valence-electron chi connectivity index (χ1n) is 7.41. The average Bonchev–Trinajstić information content (AvgIpc) is 2.50. The molecule has 0 saturated carbocycles. The Bertz CT molecular complexity index is 522. The van der Waals surface area contributed by atoms with Gasteiger partial charge >= 0.3 is 0 Å². The Morgan fingerprint density at radius 1 is 1.25 bits per heavy atom. The molecule has 0 amide bonds. The fourth-order valence-corrected chi connectivity index (χ4v) is 2.54. The van der Waals surface area contributed by atoms with Crippen LogP contribution in [0.4, 0.5) is 0 Å². The van der Waals surface area contributed by atoms with Crippen LogP contribution in [0.1, 0.15) is 37.8 Å². The van der Waals surface area contributed by atoms with Crippen LogP contribution in [0.25, 0.3) is 10.8 Å². The van der Waals surface area contributed by atoms with E-state index in [9.17, 15) is 0 Å². The first-order valence-corrected chi connectivity index (χ1v) is 7.41. The molecule has 0 saturated heterocycles. The number of nitrogens with one attached hydrogen (secondary N) is 1. The maximum absolute atomic E-state index is 5.18. The minimum atomic E-state index is 0.351. The van der Waals surface area contributed by atoms with Crippen LogP contribution in [0, 0.1) is 0 Å². The maximum atomic E-state index is 5.18. The molecule has 3 nitrogen and oxygen atoms in total. The first-order chi connectivity index (χ1) is 9.86. The van der Waals surface area contributed by atoms with Crippen LogP contribution >= 0.6 is 0 Å². The van der Waals surface area contributed by atoms with Crippen LogP contribution in [0.15, 0.2) is 36.7 Å². The highest BCUT2D eigenvalue weighted by molar-refractivity contribution is 5.85. The lowest BCUT2D eigenvalue weighted by Crippen LogP contribution is -2.23. The largest absolute Gasteiger partial charge is 0.385 e. The molecule has 0 radical (unpaired) electrons. The second-order valence-electron chi connectivity index (χ2n) is 5.09. The molecule has 1 aromatic carbocycles. The third-order valence-corrected chi connectivity index (χ3v) is 3.56. The molecule has 1 unspecified atom stereocenters. The van der Waals surface area contributed by atoms with E-state index in [0.29, 0.717) is 6.04 Å². The highest BCUT2D eigenvalue weighted by Crippen LogP contribution is 2.26. The summed E-state index contributed by atoms with van der Waals surface area (Å²) >= 11 is 0. The van der Waals surface area contributed by atoms with Crippen LogP contribution in [-0.2, 0) is 4.74 Å². The summed E-state index contributed by atoms with van der Waals surface area (Å²) in [6, 6.07) is 8.82. The predicted molar refractivity (Wildman–Crippen MR) is 83.9 cm³/mol. The Morgan fingerprint density at radius 2 is 2.10 bits per heavy atom. The Morgan fingerprint density at radius 3 is 2.90 bits per heavy atom. The summed E-state index contributed by atoms with van der Waals surface area (Å²) in [5.41, 5.74) is 1.30. The van der Waals surface area contributed by atoms with Crippen LogP contribution in [-0.4, -0.2) is 25.2 Å². The van der Waals surface area contributed by atoms with E-state index in [1.54, 1.807) is 7.11 Å². The van der Waals surface area contributed by atoms with Crippen molar-refractivity contribution < 1.29 is 4.74 Å². The molecule has 0 aliphatic heterocycles. The van der Waals surface area contributed by atoms with Gasteiger partial charge in [-0.1, -0.05) is 31.2 Å². The van der Waals surface area contributed by atoms with Gasteiger partial charge in [0, 0.05) is 37.5 Å². The lowest BCUT2D eigenvalue weighted by molar-refractivity contribution is 0.189. The molecule has 0 aliphatic rings. The summed E-state index contributed by atoms with van der Waals surface area (Å²) in [6.45, 7) is 4.03. The number of benzene rings is 1. The second-order valence-corrected chi connectivity index (χ2v) is 5.09. The van der Waals surface area contributed by atoms with Gasteiger partial charge in [-0.2, -0.15) is 0 Å². The summed E-state index contributed by atoms with van der Waals surface area (Å²) in [5, 5.41) is 6.15. The van der Waals surface area contributed by atoms with E-state index >= 15 is 0 Å². The minimum Gasteiger partial charge on any atom is -0.385 e. The van der Waals surface area contributed by atoms with Gasteiger partial charge in [0.05, 0.1) is 0 Å². The normalized spacial score (nSPS) is 12.7. The second kappa shape index (κ2) is 7.98. The van der Waals surface area contributed by atoms with Crippen molar-refractivity contribution in [2.75, 3.05) is 20.3 Å². The number of hydrogen-bond donors (Lipinski definition) is 1. The van der Waals surface area contributed by atoms with Gasteiger partial charge in [0.25, 0.3) is 0 Å². The van der Waals surface area contributed by atoms with E-state index < -0.39 is 0 Å². The number of ether oxygens (including phenoxy) is 1. The lowest BCUT2D eigenvalue weighted by Gasteiger charge is -2.20. The van der Waals surface area contributed by atoms with E-state index in [4.69, 9.17) is 4.74 Å². The van der Waals surface area contributed by atoms with Gasteiger partial charge in [0.2, 0.25) is 0 Å². The van der Waals surface area contributed by atoms with Crippen molar-refractivity contribution in [2.24, 2.45) is 0 Å². The molecule has 1 atom stereocenters. The number of aromatic nitrogens is 1. The molecule has 108 valence electrons. The number of nitrogens with zero attached hydrogens (tertiary/aromatic N) is 1. The summed E-state index contributed by atoms with van der Waals surface area (Å²) < 4.78 is 5.18. The molecule has 1 aromatic heterocycles. The van der Waals surface area contributed by atoms with E-state index in [2.05, 4.69) is 41.5 Å². The number of hydrogen-bond acceptors (Lipinski definition) is 3. The third kappa shape index (κ3) is 3.78. The Balaban J connectivity index is 2.24. The highest BCUT2D eigenvalue weighted by Gasteiger charge is 2.13. The van der Waals surface area contributed by atoms with Crippen molar-refractivity contribution >= 4 is 10.8 Å². The maximum Gasteiger partial charge on any atom is 0.0462 e. The molecule has 3 heteroatoms. The van der Waals surface area contributed by atoms with Crippen molar-refractivity contribution in [2.45, 2.75) is 32.2 Å².